The molecule has 1 aromatic rings. The highest BCUT2D eigenvalue weighted by atomic mass is 16.3. The number of hydrogen-bond acceptors (Lipinski definition) is 4. The van der Waals surface area contributed by atoms with Gasteiger partial charge in [0, 0.05) is 18.5 Å². The van der Waals surface area contributed by atoms with Gasteiger partial charge in [-0.2, -0.15) is 0 Å². The summed E-state index contributed by atoms with van der Waals surface area (Å²) in [5.41, 5.74) is -0.177. The molecule has 5 nitrogen and oxygen atoms in total. The minimum Gasteiger partial charge on any atom is -0.395 e. The third kappa shape index (κ3) is 2.85. The predicted molar refractivity (Wildman–Crippen MR) is 54.5 cm³/mol. The summed E-state index contributed by atoms with van der Waals surface area (Å²) in [5.74, 6) is 1.34. The average Bonchev–Trinajstić information content (AvgIpc) is 2.14. The minimum absolute atomic E-state index is 0.0193. The van der Waals surface area contributed by atoms with Crippen molar-refractivity contribution >= 4 is 5.82 Å². The van der Waals surface area contributed by atoms with E-state index in [0.29, 0.717) is 18.2 Å². The second kappa shape index (κ2) is 4.76. The molecule has 1 aromatic heterocycles. The number of rotatable bonds is 4. The first-order valence-corrected chi connectivity index (χ1v) is 4.59. The quantitative estimate of drug-likeness (QED) is 0.648. The first kappa shape index (κ1) is 10.7. The Bertz CT molecular complexity index is 346. The SMILES string of the molecule is CC(C)c1nc(NCCO)cc(=O)[nH]1. The van der Waals surface area contributed by atoms with Gasteiger partial charge in [-0.3, -0.25) is 4.79 Å². The van der Waals surface area contributed by atoms with Gasteiger partial charge >= 0.3 is 0 Å². The maximum Gasteiger partial charge on any atom is 0.252 e. The topological polar surface area (TPSA) is 78.0 Å². The van der Waals surface area contributed by atoms with Crippen LogP contribution in [-0.4, -0.2) is 28.2 Å². The van der Waals surface area contributed by atoms with Crippen LogP contribution >= 0.6 is 0 Å². The molecule has 0 aromatic carbocycles. The van der Waals surface area contributed by atoms with Crippen molar-refractivity contribution in [1.82, 2.24) is 9.97 Å². The summed E-state index contributed by atoms with van der Waals surface area (Å²) in [6.45, 7) is 4.32. The lowest BCUT2D eigenvalue weighted by atomic mass is 10.2. The zero-order valence-electron chi connectivity index (χ0n) is 8.37. The first-order valence-electron chi connectivity index (χ1n) is 4.59. The Morgan fingerprint density at radius 2 is 2.36 bits per heavy atom. The van der Waals surface area contributed by atoms with Crippen LogP contribution in [0.2, 0.25) is 0 Å². The lowest BCUT2D eigenvalue weighted by Crippen LogP contribution is -2.16. The summed E-state index contributed by atoms with van der Waals surface area (Å²) in [4.78, 5) is 18.0. The maximum absolute atomic E-state index is 11.2. The van der Waals surface area contributed by atoms with Crippen molar-refractivity contribution in [1.29, 1.82) is 0 Å². The van der Waals surface area contributed by atoms with Crippen LogP contribution in [0.1, 0.15) is 25.6 Å². The smallest absolute Gasteiger partial charge is 0.252 e. The number of hydrogen-bond donors (Lipinski definition) is 3. The Hall–Kier alpha value is -1.36. The molecule has 0 saturated heterocycles. The number of aromatic nitrogens is 2. The lowest BCUT2D eigenvalue weighted by molar-refractivity contribution is 0.311. The first-order chi connectivity index (χ1) is 6.63. The van der Waals surface area contributed by atoms with Gasteiger partial charge in [0.25, 0.3) is 5.56 Å². The number of nitrogens with one attached hydrogen (secondary N) is 2. The summed E-state index contributed by atoms with van der Waals surface area (Å²) < 4.78 is 0. The number of nitrogens with zero attached hydrogens (tertiary/aromatic N) is 1. The second-order valence-electron chi connectivity index (χ2n) is 3.32. The second-order valence-corrected chi connectivity index (χ2v) is 3.32. The van der Waals surface area contributed by atoms with E-state index in [2.05, 4.69) is 15.3 Å². The Kier molecular flexibility index (Phi) is 3.64. The maximum atomic E-state index is 11.2. The number of anilines is 1. The van der Waals surface area contributed by atoms with Crippen LogP contribution in [0.4, 0.5) is 5.82 Å². The molecule has 1 rings (SSSR count). The van der Waals surface area contributed by atoms with Crippen LogP contribution in [0.25, 0.3) is 0 Å². The molecule has 0 amide bonds. The highest BCUT2D eigenvalue weighted by molar-refractivity contribution is 5.33. The number of H-pyrrole nitrogens is 1. The molecule has 78 valence electrons. The molecule has 0 spiro atoms. The Balaban J connectivity index is 2.90. The fraction of sp³-hybridized carbons (Fsp3) is 0.556. The molecule has 0 aliphatic heterocycles. The van der Waals surface area contributed by atoms with E-state index in [1.54, 1.807) is 0 Å². The molecule has 0 radical (unpaired) electrons. The summed E-state index contributed by atoms with van der Waals surface area (Å²) in [5, 5.41) is 11.4. The van der Waals surface area contributed by atoms with Gasteiger partial charge in [-0.25, -0.2) is 4.98 Å². The van der Waals surface area contributed by atoms with Crippen LogP contribution in [0.3, 0.4) is 0 Å². The number of aliphatic hydroxyl groups excluding tert-OH is 1. The molecule has 0 bridgehead atoms. The van der Waals surface area contributed by atoms with Gasteiger partial charge in [0.05, 0.1) is 6.61 Å². The molecule has 0 aliphatic carbocycles. The number of aromatic amines is 1. The fourth-order valence-electron chi connectivity index (χ4n) is 1.02. The van der Waals surface area contributed by atoms with Crippen molar-refractivity contribution in [3.05, 3.63) is 22.2 Å². The monoisotopic (exact) mass is 197 g/mol. The van der Waals surface area contributed by atoms with Crippen molar-refractivity contribution in [3.8, 4) is 0 Å². The van der Waals surface area contributed by atoms with Gasteiger partial charge in [0.2, 0.25) is 0 Å². The van der Waals surface area contributed by atoms with Crippen molar-refractivity contribution in [2.75, 3.05) is 18.5 Å². The third-order valence-electron chi connectivity index (χ3n) is 1.72. The third-order valence-corrected chi connectivity index (χ3v) is 1.72. The zero-order valence-corrected chi connectivity index (χ0v) is 8.37. The van der Waals surface area contributed by atoms with Crippen molar-refractivity contribution < 1.29 is 5.11 Å². The largest absolute Gasteiger partial charge is 0.395 e. The van der Waals surface area contributed by atoms with E-state index in [0.717, 1.165) is 0 Å². The summed E-state index contributed by atoms with van der Waals surface area (Å²) in [6.07, 6.45) is 0. The van der Waals surface area contributed by atoms with Crippen molar-refractivity contribution in [3.63, 3.8) is 0 Å². The molecule has 5 heteroatoms. The lowest BCUT2D eigenvalue weighted by Gasteiger charge is -2.07. The van der Waals surface area contributed by atoms with Crippen molar-refractivity contribution in [2.45, 2.75) is 19.8 Å². The van der Waals surface area contributed by atoms with Crippen LogP contribution in [0, 0.1) is 0 Å². The molecule has 0 unspecified atom stereocenters. The molecule has 14 heavy (non-hydrogen) atoms. The van der Waals surface area contributed by atoms with Crippen LogP contribution in [0.5, 0.6) is 0 Å². The highest BCUT2D eigenvalue weighted by Crippen LogP contribution is 2.08. The zero-order chi connectivity index (χ0) is 10.6. The van der Waals surface area contributed by atoms with E-state index < -0.39 is 0 Å². The standard InChI is InChI=1S/C9H15N3O2/c1-6(2)9-11-7(10-3-4-13)5-8(14)12-9/h5-6,13H,3-4H2,1-2H3,(H2,10,11,12,14). The van der Waals surface area contributed by atoms with E-state index in [-0.39, 0.29) is 18.1 Å². The molecule has 0 fully saturated rings. The summed E-state index contributed by atoms with van der Waals surface area (Å²) in [6, 6.07) is 1.38. The normalized spacial score (nSPS) is 10.6. The Morgan fingerprint density at radius 1 is 1.64 bits per heavy atom. The van der Waals surface area contributed by atoms with Gasteiger partial charge in [-0.1, -0.05) is 13.8 Å². The van der Waals surface area contributed by atoms with Gasteiger partial charge in [0.1, 0.15) is 11.6 Å². The summed E-state index contributed by atoms with van der Waals surface area (Å²) >= 11 is 0. The highest BCUT2D eigenvalue weighted by Gasteiger charge is 2.04. The van der Waals surface area contributed by atoms with Crippen LogP contribution < -0.4 is 10.9 Å². The Labute approximate surface area is 82.2 Å². The molecular formula is C9H15N3O2. The van der Waals surface area contributed by atoms with E-state index in [9.17, 15) is 4.79 Å². The molecule has 0 aliphatic rings. The Morgan fingerprint density at radius 3 is 2.93 bits per heavy atom. The summed E-state index contributed by atoms with van der Waals surface area (Å²) in [7, 11) is 0. The van der Waals surface area contributed by atoms with E-state index >= 15 is 0 Å². The van der Waals surface area contributed by atoms with Gasteiger partial charge in [0.15, 0.2) is 0 Å². The average molecular weight is 197 g/mol. The molecule has 0 atom stereocenters. The molecule has 1 heterocycles. The van der Waals surface area contributed by atoms with Crippen LogP contribution in [0.15, 0.2) is 10.9 Å². The molecule has 3 N–H and O–H groups in total. The van der Waals surface area contributed by atoms with Gasteiger partial charge in [-0.05, 0) is 0 Å². The van der Waals surface area contributed by atoms with Gasteiger partial charge < -0.3 is 15.4 Å². The minimum atomic E-state index is -0.177. The van der Waals surface area contributed by atoms with Gasteiger partial charge in [-0.15, -0.1) is 0 Å². The molecular weight excluding hydrogens is 182 g/mol. The van der Waals surface area contributed by atoms with Crippen molar-refractivity contribution in [2.24, 2.45) is 0 Å². The van der Waals surface area contributed by atoms with E-state index in [4.69, 9.17) is 5.11 Å². The molecule has 0 saturated carbocycles. The number of aliphatic hydroxyl groups is 1. The van der Waals surface area contributed by atoms with Crippen LogP contribution in [-0.2, 0) is 0 Å². The van der Waals surface area contributed by atoms with E-state index in [1.807, 2.05) is 13.8 Å². The van der Waals surface area contributed by atoms with E-state index in [1.165, 1.54) is 6.07 Å². The predicted octanol–water partition coefficient (Wildman–Crippen LogP) is 0.297. The fourth-order valence-corrected chi connectivity index (χ4v) is 1.02.